The molecule has 0 bridgehead atoms. The van der Waals surface area contributed by atoms with Crippen molar-refractivity contribution in [3.63, 3.8) is 0 Å². The third kappa shape index (κ3) is 9.04. The highest BCUT2D eigenvalue weighted by molar-refractivity contribution is 5.87. The maximum absolute atomic E-state index is 12.6. The largest absolute Gasteiger partial charge is 0.462 e. The molecule has 7 heteroatoms. The SMILES string of the molecule is CCCCCOC1CCC(C(=O)Oc2ccc(C=CC(=O)OCCc3cc(N)ccc3N)cc2)CC1. The van der Waals surface area contributed by atoms with Gasteiger partial charge in [-0.2, -0.15) is 0 Å². The molecule has 2 aromatic rings. The van der Waals surface area contributed by atoms with Crippen molar-refractivity contribution in [3.8, 4) is 5.75 Å². The van der Waals surface area contributed by atoms with Crippen LogP contribution in [0.5, 0.6) is 5.75 Å². The fourth-order valence-electron chi connectivity index (χ4n) is 4.23. The van der Waals surface area contributed by atoms with E-state index in [4.69, 9.17) is 25.7 Å². The molecule has 0 saturated heterocycles. The number of anilines is 2. The van der Waals surface area contributed by atoms with Gasteiger partial charge in [0.15, 0.2) is 0 Å². The highest BCUT2D eigenvalue weighted by atomic mass is 16.5. The van der Waals surface area contributed by atoms with Crippen LogP contribution in [0.2, 0.25) is 0 Å². The van der Waals surface area contributed by atoms with Crippen LogP contribution in [0.15, 0.2) is 48.5 Å². The van der Waals surface area contributed by atoms with Crippen molar-refractivity contribution in [2.45, 2.75) is 64.4 Å². The van der Waals surface area contributed by atoms with Crippen LogP contribution in [0.3, 0.4) is 0 Å². The van der Waals surface area contributed by atoms with Crippen LogP contribution in [-0.2, 0) is 25.5 Å². The molecule has 0 aromatic heterocycles. The van der Waals surface area contributed by atoms with Crippen molar-refractivity contribution < 1.29 is 23.8 Å². The molecule has 1 saturated carbocycles. The Morgan fingerprint density at radius 3 is 2.44 bits per heavy atom. The van der Waals surface area contributed by atoms with Gasteiger partial charge in [-0.3, -0.25) is 4.79 Å². The Morgan fingerprint density at radius 2 is 1.72 bits per heavy atom. The summed E-state index contributed by atoms with van der Waals surface area (Å²) in [5.41, 5.74) is 14.6. The van der Waals surface area contributed by atoms with Gasteiger partial charge < -0.3 is 25.7 Å². The molecule has 1 aliphatic carbocycles. The zero-order valence-electron chi connectivity index (χ0n) is 21.1. The van der Waals surface area contributed by atoms with Gasteiger partial charge in [0.05, 0.1) is 18.6 Å². The molecule has 0 amide bonds. The molecular weight excluding hydrogens is 456 g/mol. The first kappa shape index (κ1) is 27.3. The van der Waals surface area contributed by atoms with E-state index in [0.717, 1.165) is 49.8 Å². The molecular formula is C29H38N2O5. The number of hydrogen-bond acceptors (Lipinski definition) is 7. The Bertz CT molecular complexity index is 1010. The number of carbonyl (C=O) groups excluding carboxylic acids is 2. The molecule has 3 rings (SSSR count). The maximum Gasteiger partial charge on any atom is 0.330 e. The molecule has 0 aliphatic heterocycles. The van der Waals surface area contributed by atoms with Crippen molar-refractivity contribution in [1.29, 1.82) is 0 Å². The quantitative estimate of drug-likeness (QED) is 0.135. The van der Waals surface area contributed by atoms with Crippen LogP contribution in [-0.4, -0.2) is 31.3 Å². The number of nitrogens with two attached hydrogens (primary N) is 2. The van der Waals surface area contributed by atoms with Gasteiger partial charge in [-0.25, -0.2) is 4.79 Å². The lowest BCUT2D eigenvalue weighted by Crippen LogP contribution is -2.29. The molecule has 0 atom stereocenters. The second kappa shape index (κ2) is 14.3. The van der Waals surface area contributed by atoms with Crippen molar-refractivity contribution in [1.82, 2.24) is 0 Å². The Balaban J connectivity index is 1.37. The molecule has 0 spiro atoms. The minimum absolute atomic E-state index is 0.0856. The van der Waals surface area contributed by atoms with Crippen molar-refractivity contribution in [3.05, 3.63) is 59.7 Å². The third-order valence-corrected chi connectivity index (χ3v) is 6.40. The highest BCUT2D eigenvalue weighted by Crippen LogP contribution is 2.28. The number of esters is 2. The molecule has 7 nitrogen and oxygen atoms in total. The average Bonchev–Trinajstić information content (AvgIpc) is 2.88. The van der Waals surface area contributed by atoms with Crippen LogP contribution in [0.4, 0.5) is 11.4 Å². The second-order valence-corrected chi connectivity index (χ2v) is 9.25. The summed E-state index contributed by atoms with van der Waals surface area (Å²) in [6, 6.07) is 12.3. The fraction of sp³-hybridized carbons (Fsp3) is 0.448. The summed E-state index contributed by atoms with van der Waals surface area (Å²) in [6.07, 6.45) is 10.7. The molecule has 0 heterocycles. The van der Waals surface area contributed by atoms with E-state index in [-0.39, 0.29) is 24.6 Å². The fourth-order valence-corrected chi connectivity index (χ4v) is 4.23. The standard InChI is InChI=1S/C29H38N2O5/c1-2-3-4-18-34-25-13-8-22(9-14-25)29(33)36-26-11-5-21(6-12-26)7-16-28(32)35-19-17-23-20-24(30)10-15-27(23)31/h5-7,10-12,15-16,20,22,25H,2-4,8-9,13-14,17-19,30-31H2,1H3. The number of unbranched alkanes of at least 4 members (excludes halogenated alkanes) is 2. The summed E-state index contributed by atoms with van der Waals surface area (Å²) >= 11 is 0. The van der Waals surface area contributed by atoms with Crippen LogP contribution in [0.1, 0.15) is 63.0 Å². The Labute approximate surface area is 213 Å². The lowest BCUT2D eigenvalue weighted by atomic mass is 9.87. The van der Waals surface area contributed by atoms with Crippen molar-refractivity contribution in [2.75, 3.05) is 24.7 Å². The van der Waals surface area contributed by atoms with E-state index < -0.39 is 5.97 Å². The topological polar surface area (TPSA) is 114 Å². The number of ether oxygens (including phenoxy) is 3. The van der Waals surface area contributed by atoms with E-state index in [0.29, 0.717) is 23.5 Å². The van der Waals surface area contributed by atoms with E-state index >= 15 is 0 Å². The van der Waals surface area contributed by atoms with Crippen LogP contribution >= 0.6 is 0 Å². The summed E-state index contributed by atoms with van der Waals surface area (Å²) in [5, 5.41) is 0. The molecule has 2 aromatic carbocycles. The predicted molar refractivity (Wildman–Crippen MR) is 142 cm³/mol. The van der Waals surface area contributed by atoms with Crippen LogP contribution < -0.4 is 16.2 Å². The minimum Gasteiger partial charge on any atom is -0.462 e. The first-order valence-corrected chi connectivity index (χ1v) is 12.9. The number of benzene rings is 2. The monoisotopic (exact) mass is 494 g/mol. The molecule has 194 valence electrons. The smallest absolute Gasteiger partial charge is 0.330 e. The zero-order valence-corrected chi connectivity index (χ0v) is 21.1. The van der Waals surface area contributed by atoms with E-state index in [9.17, 15) is 9.59 Å². The summed E-state index contributed by atoms with van der Waals surface area (Å²) in [6.45, 7) is 3.20. The van der Waals surface area contributed by atoms with E-state index in [1.807, 2.05) is 0 Å². The first-order chi connectivity index (χ1) is 17.4. The van der Waals surface area contributed by atoms with Gasteiger partial charge in [0.25, 0.3) is 0 Å². The number of nitrogen functional groups attached to an aromatic ring is 2. The minimum atomic E-state index is -0.446. The third-order valence-electron chi connectivity index (χ3n) is 6.40. The zero-order chi connectivity index (χ0) is 25.8. The van der Waals surface area contributed by atoms with Crippen LogP contribution in [0.25, 0.3) is 6.08 Å². The van der Waals surface area contributed by atoms with Gasteiger partial charge >= 0.3 is 11.9 Å². The van der Waals surface area contributed by atoms with Crippen molar-refractivity contribution >= 4 is 29.4 Å². The predicted octanol–water partition coefficient (Wildman–Crippen LogP) is 5.32. The Morgan fingerprint density at radius 1 is 0.972 bits per heavy atom. The lowest BCUT2D eigenvalue weighted by molar-refractivity contribution is -0.141. The summed E-state index contributed by atoms with van der Waals surface area (Å²) < 4.78 is 16.8. The van der Waals surface area contributed by atoms with Gasteiger partial charge in [-0.1, -0.05) is 31.9 Å². The maximum atomic E-state index is 12.6. The summed E-state index contributed by atoms with van der Waals surface area (Å²) in [4.78, 5) is 24.6. The van der Waals surface area contributed by atoms with Crippen molar-refractivity contribution in [2.24, 2.45) is 5.92 Å². The second-order valence-electron chi connectivity index (χ2n) is 9.25. The van der Waals surface area contributed by atoms with Gasteiger partial charge in [-0.05, 0) is 79.6 Å². The number of rotatable bonds is 12. The molecule has 4 N–H and O–H groups in total. The number of carbonyl (C=O) groups is 2. The lowest BCUT2D eigenvalue weighted by Gasteiger charge is -2.27. The van der Waals surface area contributed by atoms with E-state index in [2.05, 4.69) is 6.92 Å². The van der Waals surface area contributed by atoms with Gasteiger partial charge in [0.2, 0.25) is 0 Å². The van der Waals surface area contributed by atoms with Crippen LogP contribution in [0, 0.1) is 5.92 Å². The Kier molecular flexibility index (Phi) is 10.8. The molecule has 0 radical (unpaired) electrons. The van der Waals surface area contributed by atoms with Gasteiger partial charge in [0, 0.05) is 30.5 Å². The normalized spacial score (nSPS) is 17.7. The molecule has 36 heavy (non-hydrogen) atoms. The average molecular weight is 495 g/mol. The van der Waals surface area contributed by atoms with Gasteiger partial charge in [-0.15, -0.1) is 0 Å². The summed E-state index contributed by atoms with van der Waals surface area (Å²) in [5.74, 6) is -0.222. The molecule has 1 aliphatic rings. The molecule has 0 unspecified atom stereocenters. The molecule has 1 fully saturated rings. The first-order valence-electron chi connectivity index (χ1n) is 12.9. The number of hydrogen-bond donors (Lipinski definition) is 2. The van der Waals surface area contributed by atoms with E-state index in [1.165, 1.54) is 18.9 Å². The van der Waals surface area contributed by atoms with Gasteiger partial charge in [0.1, 0.15) is 5.75 Å². The Hall–Kier alpha value is -3.32. The van der Waals surface area contributed by atoms with E-state index in [1.54, 1.807) is 48.5 Å². The summed E-state index contributed by atoms with van der Waals surface area (Å²) in [7, 11) is 0. The highest BCUT2D eigenvalue weighted by Gasteiger charge is 2.28.